The van der Waals surface area contributed by atoms with E-state index in [-0.39, 0.29) is 29.2 Å². The van der Waals surface area contributed by atoms with E-state index >= 15 is 0 Å². The van der Waals surface area contributed by atoms with Crippen LogP contribution in [0.1, 0.15) is 48.0 Å². The van der Waals surface area contributed by atoms with Gasteiger partial charge in [0.15, 0.2) is 11.5 Å². The molecule has 1 N–H and O–H groups in total. The van der Waals surface area contributed by atoms with Crippen LogP contribution in [-0.2, 0) is 11.2 Å². The van der Waals surface area contributed by atoms with E-state index < -0.39 is 7.04 Å². The highest BCUT2D eigenvalue weighted by Gasteiger charge is 2.38. The van der Waals surface area contributed by atoms with Gasteiger partial charge in [-0.05, 0) is 42.0 Å². The quantitative estimate of drug-likeness (QED) is 0.872. The van der Waals surface area contributed by atoms with Crippen LogP contribution in [-0.4, -0.2) is 35.9 Å². The van der Waals surface area contributed by atoms with Gasteiger partial charge >= 0.3 is 0 Å². The van der Waals surface area contributed by atoms with Gasteiger partial charge in [0.1, 0.15) is 5.78 Å². The van der Waals surface area contributed by atoms with Crippen molar-refractivity contribution in [3.05, 3.63) is 23.3 Å². The number of fused-ring (bicyclic) bond motifs is 3. The van der Waals surface area contributed by atoms with Gasteiger partial charge in [0, 0.05) is 31.5 Å². The van der Waals surface area contributed by atoms with Crippen molar-refractivity contribution in [3.63, 3.8) is 0 Å². The van der Waals surface area contributed by atoms with Crippen LogP contribution < -0.4 is 4.74 Å². The van der Waals surface area contributed by atoms with Crippen LogP contribution in [0.4, 0.5) is 0 Å². The van der Waals surface area contributed by atoms with Crippen LogP contribution in [0.2, 0.25) is 0 Å². The third-order valence-corrected chi connectivity index (χ3v) is 4.86. The molecule has 0 saturated carbocycles. The van der Waals surface area contributed by atoms with Crippen LogP contribution in [0.5, 0.6) is 11.5 Å². The molecule has 0 radical (unpaired) electrons. The Morgan fingerprint density at radius 2 is 2.32 bits per heavy atom. The predicted molar refractivity (Wildman–Crippen MR) is 85.2 cm³/mol. The zero-order valence-electron chi connectivity index (χ0n) is 16.1. The second kappa shape index (κ2) is 5.92. The van der Waals surface area contributed by atoms with Gasteiger partial charge in [-0.2, -0.15) is 0 Å². The van der Waals surface area contributed by atoms with E-state index in [4.69, 9.17) is 8.85 Å². The van der Waals surface area contributed by atoms with E-state index in [9.17, 15) is 9.90 Å². The molecule has 0 spiro atoms. The molecule has 120 valence electrons. The summed E-state index contributed by atoms with van der Waals surface area (Å²) < 4.78 is 26.7. The van der Waals surface area contributed by atoms with Crippen molar-refractivity contribution in [1.29, 1.82) is 0 Å². The number of hydrogen-bond acceptors (Lipinski definition) is 4. The van der Waals surface area contributed by atoms with E-state index in [2.05, 4.69) is 18.7 Å². The van der Waals surface area contributed by atoms with Crippen LogP contribution >= 0.6 is 0 Å². The fraction of sp³-hybridized carbons (Fsp3) is 0.611. The first kappa shape index (κ1) is 11.9. The third-order valence-electron chi connectivity index (χ3n) is 4.86. The Kier molecular flexibility index (Phi) is 3.21. The van der Waals surface area contributed by atoms with Crippen LogP contribution in [0.3, 0.4) is 0 Å². The van der Waals surface area contributed by atoms with E-state index in [0.717, 1.165) is 37.1 Å². The number of piperidine rings is 1. The maximum Gasteiger partial charge on any atom is 0.160 e. The van der Waals surface area contributed by atoms with Crippen LogP contribution in [0.25, 0.3) is 0 Å². The van der Waals surface area contributed by atoms with Gasteiger partial charge in [-0.15, -0.1) is 0 Å². The highest BCUT2D eigenvalue weighted by molar-refractivity contribution is 5.83. The first-order chi connectivity index (χ1) is 11.6. The van der Waals surface area contributed by atoms with E-state index in [0.29, 0.717) is 12.3 Å². The smallest absolute Gasteiger partial charge is 0.160 e. The molecule has 0 aromatic heterocycles. The SMILES string of the molecule is [2H][13C]([2H])([2H])Oc1cc2c(cc1O)CCN1CC(CC(C)C)C(=O)CC21. The Hall–Kier alpha value is -1.55. The van der Waals surface area contributed by atoms with Crippen LogP contribution in [0.15, 0.2) is 12.1 Å². The summed E-state index contributed by atoms with van der Waals surface area (Å²) in [5.74, 6) is 0.626. The molecular weight excluding hydrogens is 279 g/mol. The van der Waals surface area contributed by atoms with Crippen molar-refractivity contribution >= 4 is 5.78 Å². The molecule has 2 atom stereocenters. The fourth-order valence-corrected chi connectivity index (χ4v) is 3.83. The highest BCUT2D eigenvalue weighted by Crippen LogP contribution is 2.42. The molecule has 2 unspecified atom stereocenters. The molecule has 1 saturated heterocycles. The number of carbonyl (C=O) groups excluding carboxylic acids is 1. The maximum atomic E-state index is 12.6. The molecule has 2 aliphatic rings. The molecule has 0 amide bonds. The lowest BCUT2D eigenvalue weighted by Gasteiger charge is -2.43. The number of phenolic OH excluding ortho intramolecular Hbond substituents is 1. The highest BCUT2D eigenvalue weighted by atomic mass is 16.5. The molecule has 0 bridgehead atoms. The molecular formula is C18H25NO3. The number of methoxy groups -OCH3 is 1. The third kappa shape index (κ3) is 2.72. The minimum atomic E-state index is -2.62. The molecule has 1 aromatic carbocycles. The molecule has 0 aliphatic carbocycles. The average Bonchev–Trinajstić information content (AvgIpc) is 2.47. The van der Waals surface area contributed by atoms with Crippen molar-refractivity contribution in [2.75, 3.05) is 20.1 Å². The molecule has 22 heavy (non-hydrogen) atoms. The van der Waals surface area contributed by atoms with Gasteiger partial charge < -0.3 is 9.84 Å². The summed E-state index contributed by atoms with van der Waals surface area (Å²) in [6.07, 6.45) is 2.11. The second-order valence-corrected chi connectivity index (χ2v) is 6.88. The van der Waals surface area contributed by atoms with E-state index in [1.165, 1.54) is 0 Å². The molecule has 4 heteroatoms. The van der Waals surface area contributed by atoms with Gasteiger partial charge in [0.05, 0.1) is 11.2 Å². The van der Waals surface area contributed by atoms with Gasteiger partial charge in [0.2, 0.25) is 0 Å². The summed E-state index contributed by atoms with van der Waals surface area (Å²) in [5, 5.41) is 10.1. The predicted octanol–water partition coefficient (Wildman–Crippen LogP) is 2.94. The normalized spacial score (nSPS) is 27.6. The van der Waals surface area contributed by atoms with E-state index in [1.54, 1.807) is 12.1 Å². The number of benzene rings is 1. The molecule has 4 nitrogen and oxygen atoms in total. The maximum absolute atomic E-state index is 12.6. The number of nitrogens with zero attached hydrogens (tertiary/aromatic N) is 1. The second-order valence-electron chi connectivity index (χ2n) is 6.88. The Morgan fingerprint density at radius 1 is 1.50 bits per heavy atom. The molecule has 1 fully saturated rings. The minimum Gasteiger partial charge on any atom is -0.504 e. The van der Waals surface area contributed by atoms with Gasteiger partial charge in [0.25, 0.3) is 0 Å². The fourth-order valence-electron chi connectivity index (χ4n) is 3.83. The number of Topliss-reactive ketones (excluding diaryl/α,β-unsaturated/α-hetero) is 1. The summed E-state index contributed by atoms with van der Waals surface area (Å²) in [5.41, 5.74) is 1.87. The Balaban J connectivity index is 1.88. The Morgan fingerprint density at radius 3 is 3.05 bits per heavy atom. The number of aromatic hydroxyl groups is 1. The topological polar surface area (TPSA) is 49.8 Å². The van der Waals surface area contributed by atoms with Crippen molar-refractivity contribution in [2.24, 2.45) is 11.8 Å². The van der Waals surface area contributed by atoms with Gasteiger partial charge in [-0.3, -0.25) is 9.69 Å². The lowest BCUT2D eigenvalue weighted by molar-refractivity contribution is -0.129. The van der Waals surface area contributed by atoms with Crippen molar-refractivity contribution in [1.82, 2.24) is 4.90 Å². The first-order valence-corrected chi connectivity index (χ1v) is 7.95. The largest absolute Gasteiger partial charge is 0.504 e. The average molecular weight is 307 g/mol. The zero-order valence-corrected chi connectivity index (χ0v) is 13.1. The standard InChI is InChI=1S/C18H25NO3/c1-11(2)6-13-10-19-5-4-12-7-17(21)18(22-3)8-14(12)15(19)9-16(13)20/h7-8,11,13,15,21H,4-6,9-10H2,1-3H3/i3+1D3. The van der Waals surface area contributed by atoms with Gasteiger partial charge in [-0.1, -0.05) is 13.8 Å². The minimum absolute atomic E-state index is 0.0441. The Bertz CT molecular complexity index is 672. The van der Waals surface area contributed by atoms with Crippen molar-refractivity contribution in [2.45, 2.75) is 39.2 Å². The summed E-state index contributed by atoms with van der Waals surface area (Å²) in [7, 11) is -2.62. The lowest BCUT2D eigenvalue weighted by atomic mass is 9.80. The van der Waals surface area contributed by atoms with Crippen LogP contribution in [0, 0.1) is 11.8 Å². The summed E-state index contributed by atoms with van der Waals surface area (Å²) in [6, 6.07) is 3.13. The zero-order chi connectivity index (χ0) is 18.4. The number of ketones is 1. The van der Waals surface area contributed by atoms with Crippen molar-refractivity contribution < 1.29 is 18.8 Å². The van der Waals surface area contributed by atoms with Crippen molar-refractivity contribution in [3.8, 4) is 11.5 Å². The summed E-state index contributed by atoms with van der Waals surface area (Å²) >= 11 is 0. The summed E-state index contributed by atoms with van der Waals surface area (Å²) in [4.78, 5) is 14.9. The van der Waals surface area contributed by atoms with E-state index in [1.807, 2.05) is 0 Å². The number of ether oxygens (including phenoxy) is 1. The summed E-state index contributed by atoms with van der Waals surface area (Å²) in [6.45, 7) is 5.86. The number of hydrogen-bond donors (Lipinski definition) is 1. The number of rotatable bonds is 3. The molecule has 2 heterocycles. The monoisotopic (exact) mass is 307 g/mol. The molecule has 1 aromatic rings. The first-order valence-electron chi connectivity index (χ1n) is 9.45. The Labute approximate surface area is 136 Å². The number of carbonyl (C=O) groups is 1. The number of phenols is 1. The molecule has 2 aliphatic heterocycles. The van der Waals surface area contributed by atoms with Gasteiger partial charge in [-0.25, -0.2) is 0 Å². The molecule has 3 rings (SSSR count). The lowest BCUT2D eigenvalue weighted by Crippen LogP contribution is -2.46.